The summed E-state index contributed by atoms with van der Waals surface area (Å²) in [6, 6.07) is 6.61. The van der Waals surface area contributed by atoms with E-state index in [4.69, 9.17) is 4.74 Å². The van der Waals surface area contributed by atoms with Crippen molar-refractivity contribution in [2.24, 2.45) is 0 Å². The first-order valence-corrected chi connectivity index (χ1v) is 9.59. The number of ether oxygens (including phenoxy) is 2. The first-order chi connectivity index (χ1) is 14.6. The lowest BCUT2D eigenvalue weighted by Crippen LogP contribution is -2.44. The standard InChI is InChI=1S/C22H19F7O2/c1-2-16(23)20(26)13-5-3-12(4-6-13)14-7-8-19(30-11-14)22(28,29)31-15-9-17(24)21(27)18(25)10-15/h3-6,9-10,14,19H,2,7-8,11H2,1H3. The van der Waals surface area contributed by atoms with Crippen LogP contribution in [-0.2, 0) is 4.74 Å². The number of halogens is 7. The molecule has 1 aliphatic heterocycles. The Hall–Kier alpha value is -2.55. The van der Waals surface area contributed by atoms with Crippen molar-refractivity contribution in [3.05, 3.63) is 70.8 Å². The van der Waals surface area contributed by atoms with Crippen molar-refractivity contribution in [2.45, 2.75) is 44.3 Å². The maximum atomic E-state index is 14.4. The minimum atomic E-state index is -3.91. The van der Waals surface area contributed by atoms with E-state index in [1.807, 2.05) is 0 Å². The molecule has 0 radical (unpaired) electrons. The van der Waals surface area contributed by atoms with Gasteiger partial charge < -0.3 is 9.47 Å². The van der Waals surface area contributed by atoms with Gasteiger partial charge in [-0.25, -0.2) is 22.0 Å². The fraction of sp³-hybridized carbons (Fsp3) is 0.364. The van der Waals surface area contributed by atoms with Crippen molar-refractivity contribution in [1.82, 2.24) is 0 Å². The average molecular weight is 448 g/mol. The number of alkyl halides is 2. The van der Waals surface area contributed by atoms with E-state index >= 15 is 0 Å². The van der Waals surface area contributed by atoms with Crippen LogP contribution in [0.1, 0.15) is 43.2 Å². The second-order valence-electron chi connectivity index (χ2n) is 7.16. The Labute approximate surface area is 174 Å². The van der Waals surface area contributed by atoms with E-state index in [2.05, 4.69) is 4.74 Å². The summed E-state index contributed by atoms with van der Waals surface area (Å²) in [6.45, 7) is 1.39. The summed E-state index contributed by atoms with van der Waals surface area (Å²) in [5.74, 6) is -8.01. The van der Waals surface area contributed by atoms with Crippen LogP contribution in [0.15, 0.2) is 42.2 Å². The highest BCUT2D eigenvalue weighted by molar-refractivity contribution is 5.61. The third-order valence-electron chi connectivity index (χ3n) is 5.05. The lowest BCUT2D eigenvalue weighted by atomic mass is 9.90. The summed E-state index contributed by atoms with van der Waals surface area (Å²) in [6.07, 6.45) is -5.52. The summed E-state index contributed by atoms with van der Waals surface area (Å²) < 4.78 is 105. The summed E-state index contributed by atoms with van der Waals surface area (Å²) >= 11 is 0. The van der Waals surface area contributed by atoms with Gasteiger partial charge in [0.25, 0.3) is 0 Å². The van der Waals surface area contributed by atoms with E-state index < -0.39 is 47.1 Å². The van der Waals surface area contributed by atoms with Crippen LogP contribution in [0.4, 0.5) is 30.7 Å². The van der Waals surface area contributed by atoms with E-state index in [0.717, 1.165) is 0 Å². The van der Waals surface area contributed by atoms with Crippen molar-refractivity contribution in [3.8, 4) is 5.75 Å². The second-order valence-corrected chi connectivity index (χ2v) is 7.16. The molecular weight excluding hydrogens is 429 g/mol. The quantitative estimate of drug-likeness (QED) is 0.348. The van der Waals surface area contributed by atoms with Crippen LogP contribution >= 0.6 is 0 Å². The van der Waals surface area contributed by atoms with Gasteiger partial charge in [-0.05, 0) is 24.8 Å². The van der Waals surface area contributed by atoms with E-state index in [1.165, 1.54) is 19.1 Å². The minimum absolute atomic E-state index is 0.0705. The Morgan fingerprint density at radius 2 is 1.65 bits per heavy atom. The fourth-order valence-corrected chi connectivity index (χ4v) is 3.31. The predicted octanol–water partition coefficient (Wildman–Crippen LogP) is 7.06. The zero-order valence-electron chi connectivity index (χ0n) is 16.4. The van der Waals surface area contributed by atoms with Gasteiger partial charge in [0.2, 0.25) is 0 Å². The second kappa shape index (κ2) is 9.30. The molecule has 0 aliphatic carbocycles. The highest BCUT2D eigenvalue weighted by Crippen LogP contribution is 2.37. The number of rotatable bonds is 6. The normalized spacial score (nSPS) is 20.4. The Morgan fingerprint density at radius 1 is 1.03 bits per heavy atom. The van der Waals surface area contributed by atoms with E-state index in [-0.39, 0.29) is 37.4 Å². The van der Waals surface area contributed by atoms with Crippen molar-refractivity contribution in [1.29, 1.82) is 0 Å². The molecule has 0 saturated carbocycles. The van der Waals surface area contributed by atoms with Gasteiger partial charge in [0.15, 0.2) is 29.4 Å². The maximum absolute atomic E-state index is 14.4. The molecule has 2 atom stereocenters. The molecule has 0 spiro atoms. The van der Waals surface area contributed by atoms with Crippen LogP contribution in [0.25, 0.3) is 5.83 Å². The zero-order chi connectivity index (χ0) is 22.8. The molecule has 1 saturated heterocycles. The molecule has 0 bridgehead atoms. The van der Waals surface area contributed by atoms with Gasteiger partial charge in [-0.2, -0.15) is 8.78 Å². The first kappa shape index (κ1) is 23.1. The lowest BCUT2D eigenvalue weighted by Gasteiger charge is -2.33. The smallest absolute Gasteiger partial charge is 0.424 e. The van der Waals surface area contributed by atoms with E-state index in [9.17, 15) is 30.7 Å². The van der Waals surface area contributed by atoms with Gasteiger partial charge >= 0.3 is 6.11 Å². The van der Waals surface area contributed by atoms with E-state index in [0.29, 0.717) is 17.7 Å². The van der Waals surface area contributed by atoms with Gasteiger partial charge in [0.05, 0.1) is 6.61 Å². The molecule has 2 aromatic rings. The number of hydrogen-bond donors (Lipinski definition) is 0. The van der Waals surface area contributed by atoms with Crippen LogP contribution in [0.5, 0.6) is 5.75 Å². The molecule has 0 N–H and O–H groups in total. The highest BCUT2D eigenvalue weighted by Gasteiger charge is 2.46. The number of hydrogen-bond acceptors (Lipinski definition) is 2. The largest absolute Gasteiger partial charge is 0.430 e. The average Bonchev–Trinajstić information content (AvgIpc) is 2.76. The lowest BCUT2D eigenvalue weighted by molar-refractivity contribution is -0.262. The minimum Gasteiger partial charge on any atom is -0.430 e. The number of allylic oxidation sites excluding steroid dienone is 1. The van der Waals surface area contributed by atoms with E-state index in [1.54, 1.807) is 12.1 Å². The summed E-state index contributed by atoms with van der Waals surface area (Å²) in [4.78, 5) is 0. The molecule has 2 aromatic carbocycles. The van der Waals surface area contributed by atoms with Gasteiger partial charge in [-0.15, -0.1) is 0 Å². The monoisotopic (exact) mass is 448 g/mol. The van der Waals surface area contributed by atoms with Gasteiger partial charge in [0, 0.05) is 23.6 Å². The summed E-state index contributed by atoms with van der Waals surface area (Å²) in [5.41, 5.74) is 0.787. The fourth-order valence-electron chi connectivity index (χ4n) is 3.31. The molecule has 1 fully saturated rings. The first-order valence-electron chi connectivity index (χ1n) is 9.59. The molecule has 2 unspecified atom stereocenters. The zero-order valence-corrected chi connectivity index (χ0v) is 16.4. The molecule has 1 aliphatic rings. The van der Waals surface area contributed by atoms with Crippen molar-refractivity contribution in [2.75, 3.05) is 6.61 Å². The van der Waals surface area contributed by atoms with Crippen LogP contribution in [0, 0.1) is 17.5 Å². The van der Waals surface area contributed by atoms with Gasteiger partial charge in [-0.3, -0.25) is 0 Å². The molecule has 0 amide bonds. The van der Waals surface area contributed by atoms with Crippen LogP contribution < -0.4 is 4.74 Å². The van der Waals surface area contributed by atoms with Crippen molar-refractivity contribution >= 4 is 5.83 Å². The molecule has 31 heavy (non-hydrogen) atoms. The molecular formula is C22H19F7O2. The van der Waals surface area contributed by atoms with Crippen LogP contribution in [0.2, 0.25) is 0 Å². The SMILES string of the molecule is CCC(F)=C(F)c1ccc(C2CCC(C(F)(F)Oc3cc(F)c(F)c(F)c3)OC2)cc1. The Bertz CT molecular complexity index is 926. The molecule has 9 heteroatoms. The molecule has 0 aromatic heterocycles. The highest BCUT2D eigenvalue weighted by atomic mass is 19.3. The van der Waals surface area contributed by atoms with Crippen molar-refractivity contribution in [3.63, 3.8) is 0 Å². The Kier molecular flexibility index (Phi) is 6.93. The Morgan fingerprint density at radius 3 is 2.16 bits per heavy atom. The summed E-state index contributed by atoms with van der Waals surface area (Å²) in [5, 5.41) is 0. The predicted molar refractivity (Wildman–Crippen MR) is 99.5 cm³/mol. The molecule has 168 valence electrons. The van der Waals surface area contributed by atoms with Gasteiger partial charge in [-0.1, -0.05) is 31.2 Å². The van der Waals surface area contributed by atoms with Crippen LogP contribution in [-0.4, -0.2) is 18.8 Å². The summed E-state index contributed by atoms with van der Waals surface area (Å²) in [7, 11) is 0. The van der Waals surface area contributed by atoms with Gasteiger partial charge in [0.1, 0.15) is 11.6 Å². The molecule has 3 rings (SSSR count). The van der Waals surface area contributed by atoms with Crippen molar-refractivity contribution < 1.29 is 40.2 Å². The van der Waals surface area contributed by atoms with Crippen LogP contribution in [0.3, 0.4) is 0 Å². The topological polar surface area (TPSA) is 18.5 Å². The third kappa shape index (κ3) is 5.20. The molecule has 1 heterocycles. The number of benzene rings is 2. The maximum Gasteiger partial charge on any atom is 0.424 e. The molecule has 2 nitrogen and oxygen atoms in total. The Balaban J connectivity index is 1.63. The third-order valence-corrected chi connectivity index (χ3v) is 5.05.